The molecule has 1 aromatic carbocycles. The third-order valence-electron chi connectivity index (χ3n) is 1.78. The van der Waals surface area contributed by atoms with Crippen molar-refractivity contribution in [3.05, 3.63) is 27.4 Å². The highest BCUT2D eigenvalue weighted by atomic mass is 79.9. The van der Waals surface area contributed by atoms with Gasteiger partial charge in [0, 0.05) is 4.47 Å². The molecule has 1 aromatic rings. The standard InChI is InChI=1S/C11H9BrClFN2O/c1-2-3-15-6-10(17)16-11-8(12)4-7(14)5-9(11)13/h1,4-5,15H,3,6H2,(H,16,17). The molecule has 3 nitrogen and oxygen atoms in total. The number of halogens is 3. The molecular weight excluding hydrogens is 310 g/mol. The van der Waals surface area contributed by atoms with E-state index in [-0.39, 0.29) is 17.5 Å². The van der Waals surface area contributed by atoms with Crippen LogP contribution >= 0.6 is 27.5 Å². The van der Waals surface area contributed by atoms with Crippen molar-refractivity contribution in [3.8, 4) is 12.3 Å². The summed E-state index contributed by atoms with van der Waals surface area (Å²) in [4.78, 5) is 11.5. The maximum absolute atomic E-state index is 12.9. The van der Waals surface area contributed by atoms with E-state index in [0.29, 0.717) is 16.7 Å². The number of hydrogen-bond donors (Lipinski definition) is 2. The molecule has 0 heterocycles. The Morgan fingerprint density at radius 2 is 2.29 bits per heavy atom. The average molecular weight is 320 g/mol. The first-order chi connectivity index (χ1) is 8.04. The molecule has 0 bridgehead atoms. The Labute approximate surface area is 112 Å². The molecule has 0 aliphatic rings. The minimum absolute atomic E-state index is 0.0599. The largest absolute Gasteiger partial charge is 0.323 e. The molecule has 1 amide bonds. The second-order valence-corrected chi connectivity index (χ2v) is 4.36. The zero-order valence-electron chi connectivity index (χ0n) is 8.69. The van der Waals surface area contributed by atoms with Gasteiger partial charge in [-0.3, -0.25) is 10.1 Å². The average Bonchev–Trinajstić information content (AvgIpc) is 2.24. The summed E-state index contributed by atoms with van der Waals surface area (Å²) in [5, 5.41) is 5.40. The number of amides is 1. The fraction of sp³-hybridized carbons (Fsp3) is 0.182. The summed E-state index contributed by atoms with van der Waals surface area (Å²) in [6, 6.07) is 2.34. The van der Waals surface area contributed by atoms with E-state index in [4.69, 9.17) is 18.0 Å². The van der Waals surface area contributed by atoms with Crippen LogP contribution in [-0.4, -0.2) is 19.0 Å². The monoisotopic (exact) mass is 318 g/mol. The fourth-order valence-electron chi connectivity index (χ4n) is 1.09. The van der Waals surface area contributed by atoms with Crippen molar-refractivity contribution in [1.82, 2.24) is 5.32 Å². The summed E-state index contributed by atoms with van der Waals surface area (Å²) in [5.74, 6) is 1.55. The summed E-state index contributed by atoms with van der Waals surface area (Å²) in [7, 11) is 0. The van der Waals surface area contributed by atoms with Gasteiger partial charge in [0.15, 0.2) is 0 Å². The second kappa shape index (κ2) is 6.60. The zero-order valence-corrected chi connectivity index (χ0v) is 11.0. The van der Waals surface area contributed by atoms with Crippen molar-refractivity contribution in [3.63, 3.8) is 0 Å². The van der Waals surface area contributed by atoms with E-state index in [1.54, 1.807) is 0 Å². The van der Waals surface area contributed by atoms with Crippen LogP contribution in [0.25, 0.3) is 0 Å². The number of anilines is 1. The van der Waals surface area contributed by atoms with Crippen molar-refractivity contribution >= 4 is 39.1 Å². The van der Waals surface area contributed by atoms with E-state index in [9.17, 15) is 9.18 Å². The Bertz CT molecular complexity index is 450. The lowest BCUT2D eigenvalue weighted by atomic mass is 10.3. The van der Waals surface area contributed by atoms with Gasteiger partial charge in [-0.05, 0) is 28.1 Å². The summed E-state index contributed by atoms with van der Waals surface area (Å²) < 4.78 is 13.3. The van der Waals surface area contributed by atoms with Gasteiger partial charge >= 0.3 is 0 Å². The first-order valence-electron chi connectivity index (χ1n) is 4.63. The van der Waals surface area contributed by atoms with Crippen LogP contribution in [0.5, 0.6) is 0 Å². The Morgan fingerprint density at radius 3 is 2.88 bits per heavy atom. The molecule has 90 valence electrons. The van der Waals surface area contributed by atoms with Crippen LogP contribution in [0.1, 0.15) is 0 Å². The van der Waals surface area contributed by atoms with Crippen molar-refractivity contribution in [2.45, 2.75) is 0 Å². The number of nitrogens with one attached hydrogen (secondary N) is 2. The first-order valence-corrected chi connectivity index (χ1v) is 5.80. The van der Waals surface area contributed by atoms with Gasteiger partial charge in [-0.1, -0.05) is 17.5 Å². The lowest BCUT2D eigenvalue weighted by Crippen LogP contribution is -2.28. The lowest BCUT2D eigenvalue weighted by molar-refractivity contribution is -0.115. The van der Waals surface area contributed by atoms with E-state index >= 15 is 0 Å². The van der Waals surface area contributed by atoms with Crippen LogP contribution in [0, 0.1) is 18.2 Å². The Kier molecular flexibility index (Phi) is 5.42. The number of hydrogen-bond acceptors (Lipinski definition) is 2. The van der Waals surface area contributed by atoms with Gasteiger partial charge in [-0.2, -0.15) is 0 Å². The molecule has 1 rings (SSSR count). The molecule has 0 atom stereocenters. The Hall–Kier alpha value is -1.09. The van der Waals surface area contributed by atoms with Crippen LogP contribution in [-0.2, 0) is 4.79 Å². The quantitative estimate of drug-likeness (QED) is 0.661. The van der Waals surface area contributed by atoms with Crippen molar-refractivity contribution in [1.29, 1.82) is 0 Å². The molecule has 6 heteroatoms. The van der Waals surface area contributed by atoms with Gasteiger partial charge in [0.25, 0.3) is 0 Å². The first kappa shape index (κ1) is 14.0. The molecule has 0 radical (unpaired) electrons. The smallest absolute Gasteiger partial charge is 0.238 e. The highest BCUT2D eigenvalue weighted by Crippen LogP contribution is 2.31. The molecule has 0 fully saturated rings. The zero-order chi connectivity index (χ0) is 12.8. The number of rotatable bonds is 4. The lowest BCUT2D eigenvalue weighted by Gasteiger charge is -2.09. The Morgan fingerprint density at radius 1 is 1.59 bits per heavy atom. The highest BCUT2D eigenvalue weighted by molar-refractivity contribution is 9.10. The molecular formula is C11H9BrClFN2O. The maximum Gasteiger partial charge on any atom is 0.238 e. The van der Waals surface area contributed by atoms with Gasteiger partial charge in [0.2, 0.25) is 5.91 Å². The van der Waals surface area contributed by atoms with Gasteiger partial charge in [0.05, 0.1) is 23.8 Å². The fourth-order valence-corrected chi connectivity index (χ4v) is 1.99. The van der Waals surface area contributed by atoms with E-state index in [0.717, 1.165) is 6.07 Å². The Balaban J connectivity index is 2.69. The minimum atomic E-state index is -0.481. The van der Waals surface area contributed by atoms with E-state index in [1.807, 2.05) is 0 Å². The van der Waals surface area contributed by atoms with Crippen LogP contribution < -0.4 is 10.6 Å². The minimum Gasteiger partial charge on any atom is -0.323 e. The van der Waals surface area contributed by atoms with E-state index in [2.05, 4.69) is 32.5 Å². The van der Waals surface area contributed by atoms with Crippen molar-refractivity contribution in [2.24, 2.45) is 0 Å². The molecule has 0 saturated heterocycles. The topological polar surface area (TPSA) is 41.1 Å². The van der Waals surface area contributed by atoms with Crippen LogP contribution in [0.4, 0.5) is 10.1 Å². The number of benzene rings is 1. The van der Waals surface area contributed by atoms with Gasteiger partial charge < -0.3 is 5.32 Å². The highest BCUT2D eigenvalue weighted by Gasteiger charge is 2.10. The number of carbonyl (C=O) groups excluding carboxylic acids is 1. The summed E-state index contributed by atoms with van der Waals surface area (Å²) >= 11 is 8.92. The number of terminal acetylenes is 1. The summed E-state index contributed by atoms with van der Waals surface area (Å²) in [6.45, 7) is 0.357. The molecule has 0 unspecified atom stereocenters. The second-order valence-electron chi connectivity index (χ2n) is 3.10. The van der Waals surface area contributed by atoms with Crippen molar-refractivity contribution in [2.75, 3.05) is 18.4 Å². The van der Waals surface area contributed by atoms with E-state index < -0.39 is 5.82 Å². The maximum atomic E-state index is 12.9. The summed E-state index contributed by atoms with van der Waals surface area (Å²) in [6.07, 6.45) is 5.02. The van der Waals surface area contributed by atoms with Gasteiger partial charge in [-0.15, -0.1) is 6.42 Å². The molecule has 0 aliphatic heterocycles. The normalized spacial score (nSPS) is 9.76. The summed E-state index contributed by atoms with van der Waals surface area (Å²) in [5.41, 5.74) is 0.334. The molecule has 2 N–H and O–H groups in total. The molecule has 17 heavy (non-hydrogen) atoms. The molecule has 0 aromatic heterocycles. The molecule has 0 aliphatic carbocycles. The predicted octanol–water partition coefficient (Wildman–Crippen LogP) is 2.40. The molecule has 0 spiro atoms. The third kappa shape index (κ3) is 4.35. The number of carbonyl (C=O) groups is 1. The molecule has 0 saturated carbocycles. The predicted molar refractivity (Wildman–Crippen MR) is 69.4 cm³/mol. The van der Waals surface area contributed by atoms with Gasteiger partial charge in [0.1, 0.15) is 5.82 Å². The van der Waals surface area contributed by atoms with Crippen LogP contribution in [0.3, 0.4) is 0 Å². The van der Waals surface area contributed by atoms with Gasteiger partial charge in [-0.25, -0.2) is 4.39 Å². The SMILES string of the molecule is C#CCNCC(=O)Nc1c(Cl)cc(F)cc1Br. The van der Waals surface area contributed by atoms with Crippen molar-refractivity contribution < 1.29 is 9.18 Å². The van der Waals surface area contributed by atoms with Crippen LogP contribution in [0.2, 0.25) is 5.02 Å². The third-order valence-corrected chi connectivity index (χ3v) is 2.71. The van der Waals surface area contributed by atoms with E-state index in [1.165, 1.54) is 6.07 Å². The van der Waals surface area contributed by atoms with Crippen LogP contribution in [0.15, 0.2) is 16.6 Å².